The van der Waals surface area contributed by atoms with Gasteiger partial charge in [0.2, 0.25) is 5.91 Å². The number of amides is 1. The summed E-state index contributed by atoms with van der Waals surface area (Å²) < 4.78 is 8.14. The number of nitrogens with zero attached hydrogens (tertiary/aromatic N) is 3. The van der Waals surface area contributed by atoms with Crippen molar-refractivity contribution >= 4 is 33.7 Å². The Bertz CT molecular complexity index is 1010. The number of pyridine rings is 1. The maximum Gasteiger partial charge on any atom is 0.216 e. The minimum absolute atomic E-state index is 0.0279. The third-order valence-corrected chi connectivity index (χ3v) is 4.74. The Kier molecular flexibility index (Phi) is 6.56. The smallest absolute Gasteiger partial charge is 0.216 e. The zero-order valence-electron chi connectivity index (χ0n) is 17.8. The summed E-state index contributed by atoms with van der Waals surface area (Å²) in [4.78, 5) is 20.3. The average Bonchev–Trinajstić information content (AvgIpc) is 3.00. The Morgan fingerprint density at radius 3 is 2.79 bits per heavy atom. The van der Waals surface area contributed by atoms with Crippen molar-refractivity contribution in [1.82, 2.24) is 19.9 Å². The monoisotopic (exact) mass is 397 g/mol. The molecule has 3 rings (SSSR count). The maximum absolute atomic E-state index is 10.9. The number of imidazole rings is 1. The van der Waals surface area contributed by atoms with Gasteiger partial charge in [-0.15, -0.1) is 0 Å². The fourth-order valence-corrected chi connectivity index (χ4v) is 3.53. The van der Waals surface area contributed by atoms with Crippen LogP contribution in [0.4, 0.5) is 5.82 Å². The van der Waals surface area contributed by atoms with Crippen molar-refractivity contribution in [2.75, 3.05) is 18.9 Å². The molecule has 0 spiro atoms. The van der Waals surface area contributed by atoms with Gasteiger partial charge >= 0.3 is 0 Å². The third kappa shape index (κ3) is 4.78. The second kappa shape index (κ2) is 9.11. The van der Waals surface area contributed by atoms with Crippen LogP contribution >= 0.6 is 0 Å². The number of ether oxygens (including phenoxy) is 1. The predicted molar refractivity (Wildman–Crippen MR) is 117 cm³/mol. The molecule has 0 aliphatic heterocycles. The molecule has 0 bridgehead atoms. The summed E-state index contributed by atoms with van der Waals surface area (Å²) in [5.41, 5.74) is 8.93. The molecular weight excluding hydrogens is 366 g/mol. The Labute approximate surface area is 171 Å². The van der Waals surface area contributed by atoms with E-state index in [1.807, 2.05) is 18.2 Å². The van der Waals surface area contributed by atoms with E-state index in [9.17, 15) is 4.79 Å². The molecule has 0 saturated carbocycles. The normalized spacial score (nSPS) is 11.5. The first-order valence-electron chi connectivity index (χ1n) is 10.4. The first-order chi connectivity index (χ1) is 13.9. The third-order valence-electron chi connectivity index (χ3n) is 4.74. The molecule has 3 N–H and O–H groups in total. The molecule has 156 valence electrons. The number of hydrogen-bond donors (Lipinski definition) is 2. The number of carbonyl (C=O) groups excluding carboxylic acids is 1. The molecule has 0 aliphatic carbocycles. The van der Waals surface area contributed by atoms with E-state index in [0.29, 0.717) is 24.9 Å². The lowest BCUT2D eigenvalue weighted by Gasteiger charge is -2.13. The highest BCUT2D eigenvalue weighted by atomic mass is 16.5. The number of rotatable bonds is 9. The van der Waals surface area contributed by atoms with Crippen LogP contribution in [0.3, 0.4) is 0 Å². The molecule has 1 aromatic carbocycles. The molecular formula is C22H31N5O2. The van der Waals surface area contributed by atoms with E-state index in [1.165, 1.54) is 6.92 Å². The van der Waals surface area contributed by atoms with E-state index in [2.05, 4.69) is 35.6 Å². The van der Waals surface area contributed by atoms with Gasteiger partial charge in [-0.05, 0) is 30.9 Å². The quantitative estimate of drug-likeness (QED) is 0.537. The van der Waals surface area contributed by atoms with Crippen molar-refractivity contribution in [3.8, 4) is 5.75 Å². The van der Waals surface area contributed by atoms with Crippen LogP contribution in [-0.2, 0) is 17.8 Å². The summed E-state index contributed by atoms with van der Waals surface area (Å²) >= 11 is 0. The van der Waals surface area contributed by atoms with Crippen LogP contribution < -0.4 is 15.8 Å². The molecule has 0 saturated heterocycles. The zero-order chi connectivity index (χ0) is 21.0. The zero-order valence-corrected chi connectivity index (χ0v) is 17.8. The molecule has 1 amide bonds. The summed E-state index contributed by atoms with van der Waals surface area (Å²) in [7, 11) is 0. The van der Waals surface area contributed by atoms with Gasteiger partial charge in [0.05, 0.1) is 17.6 Å². The first-order valence-corrected chi connectivity index (χ1v) is 10.4. The lowest BCUT2D eigenvalue weighted by molar-refractivity contribution is -0.118. The number of nitrogen functional groups attached to an aromatic ring is 1. The minimum atomic E-state index is -0.0279. The number of nitrogens with one attached hydrogen (secondary N) is 1. The van der Waals surface area contributed by atoms with Gasteiger partial charge in [0.25, 0.3) is 0 Å². The predicted octanol–water partition coefficient (Wildman–Crippen LogP) is 3.68. The van der Waals surface area contributed by atoms with E-state index in [1.54, 1.807) is 0 Å². The minimum Gasteiger partial charge on any atom is -0.493 e. The number of carbonyl (C=O) groups is 1. The SMILES string of the molecule is CCCc1nc2c(N)nc3cc(OCCCNC(C)=O)ccc3c2n1CC(C)C. The second-order valence-electron chi connectivity index (χ2n) is 7.84. The van der Waals surface area contributed by atoms with Crippen LogP contribution in [0.1, 0.15) is 46.4 Å². The molecule has 7 nitrogen and oxygen atoms in total. The number of fused-ring (bicyclic) bond motifs is 3. The topological polar surface area (TPSA) is 95.1 Å². The summed E-state index contributed by atoms with van der Waals surface area (Å²) in [6.07, 6.45) is 2.69. The first kappa shape index (κ1) is 20.9. The average molecular weight is 398 g/mol. The highest BCUT2D eigenvalue weighted by molar-refractivity contribution is 6.06. The van der Waals surface area contributed by atoms with Crippen LogP contribution in [0.25, 0.3) is 21.9 Å². The Morgan fingerprint density at radius 2 is 2.10 bits per heavy atom. The van der Waals surface area contributed by atoms with Crippen molar-refractivity contribution in [2.45, 2.75) is 53.5 Å². The maximum atomic E-state index is 10.9. The number of anilines is 1. The van der Waals surface area contributed by atoms with Gasteiger partial charge < -0.3 is 20.4 Å². The van der Waals surface area contributed by atoms with Gasteiger partial charge in [0.15, 0.2) is 5.82 Å². The van der Waals surface area contributed by atoms with Crippen molar-refractivity contribution in [2.24, 2.45) is 5.92 Å². The van der Waals surface area contributed by atoms with Crippen molar-refractivity contribution < 1.29 is 9.53 Å². The summed E-state index contributed by atoms with van der Waals surface area (Å²) in [6.45, 7) is 10.1. The number of aromatic nitrogens is 3. The van der Waals surface area contributed by atoms with Crippen LogP contribution in [0.5, 0.6) is 5.75 Å². The van der Waals surface area contributed by atoms with E-state index >= 15 is 0 Å². The Morgan fingerprint density at radius 1 is 1.31 bits per heavy atom. The lowest BCUT2D eigenvalue weighted by atomic mass is 10.1. The van der Waals surface area contributed by atoms with E-state index < -0.39 is 0 Å². The standard InChI is InChI=1S/C22H31N5O2/c1-5-7-19-26-20-21(27(19)13-14(2)3)17-9-8-16(12-18(17)25-22(20)23)29-11-6-10-24-15(4)28/h8-9,12,14H,5-7,10-11,13H2,1-4H3,(H2,23,25)(H,24,28). The summed E-state index contributed by atoms with van der Waals surface area (Å²) in [5.74, 6) is 2.74. The van der Waals surface area contributed by atoms with Crippen molar-refractivity contribution in [3.05, 3.63) is 24.0 Å². The van der Waals surface area contributed by atoms with Crippen LogP contribution in [0.15, 0.2) is 18.2 Å². The molecule has 2 aromatic heterocycles. The Balaban J connectivity index is 1.95. The Hall–Kier alpha value is -2.83. The van der Waals surface area contributed by atoms with Gasteiger partial charge in [-0.3, -0.25) is 4.79 Å². The van der Waals surface area contributed by atoms with Crippen LogP contribution in [0.2, 0.25) is 0 Å². The van der Waals surface area contributed by atoms with E-state index in [0.717, 1.165) is 59.3 Å². The van der Waals surface area contributed by atoms with Crippen molar-refractivity contribution in [3.63, 3.8) is 0 Å². The molecule has 29 heavy (non-hydrogen) atoms. The van der Waals surface area contributed by atoms with Gasteiger partial charge in [0, 0.05) is 37.9 Å². The second-order valence-corrected chi connectivity index (χ2v) is 7.84. The van der Waals surface area contributed by atoms with E-state index in [4.69, 9.17) is 15.5 Å². The van der Waals surface area contributed by atoms with Crippen LogP contribution in [0, 0.1) is 5.92 Å². The van der Waals surface area contributed by atoms with Crippen molar-refractivity contribution in [1.29, 1.82) is 0 Å². The molecule has 0 aliphatic rings. The van der Waals surface area contributed by atoms with Gasteiger partial charge in [-0.1, -0.05) is 20.8 Å². The molecule has 7 heteroatoms. The summed E-state index contributed by atoms with van der Waals surface area (Å²) in [5, 5.41) is 3.80. The van der Waals surface area contributed by atoms with Gasteiger partial charge in [-0.25, -0.2) is 9.97 Å². The fourth-order valence-electron chi connectivity index (χ4n) is 3.53. The van der Waals surface area contributed by atoms with Gasteiger partial charge in [0.1, 0.15) is 17.1 Å². The highest BCUT2D eigenvalue weighted by Gasteiger charge is 2.18. The van der Waals surface area contributed by atoms with Crippen LogP contribution in [-0.4, -0.2) is 33.6 Å². The summed E-state index contributed by atoms with van der Waals surface area (Å²) in [6, 6.07) is 5.93. The highest BCUT2D eigenvalue weighted by Crippen LogP contribution is 2.31. The molecule has 0 radical (unpaired) electrons. The molecule has 0 unspecified atom stereocenters. The lowest BCUT2D eigenvalue weighted by Crippen LogP contribution is -2.22. The number of benzene rings is 1. The fraction of sp³-hybridized carbons (Fsp3) is 0.500. The van der Waals surface area contributed by atoms with Gasteiger partial charge in [-0.2, -0.15) is 0 Å². The number of hydrogen-bond acceptors (Lipinski definition) is 5. The van der Waals surface area contributed by atoms with E-state index in [-0.39, 0.29) is 5.91 Å². The molecule has 3 aromatic rings. The largest absolute Gasteiger partial charge is 0.493 e. The molecule has 0 fully saturated rings. The number of nitrogens with two attached hydrogens (primary N) is 1. The molecule has 0 atom stereocenters. The number of aryl methyl sites for hydroxylation is 1. The molecule has 2 heterocycles.